The van der Waals surface area contributed by atoms with Gasteiger partial charge in [0.1, 0.15) is 6.10 Å². The van der Waals surface area contributed by atoms with Crippen LogP contribution in [0.25, 0.3) is 0 Å². The molecule has 2 amide bonds. The number of nitrogens with zero attached hydrogens (tertiary/aromatic N) is 2. The monoisotopic (exact) mass is 872 g/mol. The van der Waals surface area contributed by atoms with Gasteiger partial charge < -0.3 is 20.1 Å². The minimum atomic E-state index is -0.815. The number of aliphatic imine (C=N–C) groups is 1. The lowest BCUT2D eigenvalue weighted by Gasteiger charge is -2.73. The largest absolute Gasteiger partial charge is 0.481 e. The number of carboxylic acids is 1. The number of rotatable bonds is 9. The van der Waals surface area contributed by atoms with Gasteiger partial charge >= 0.3 is 11.9 Å². The fraction of sp³-hybridized carbons (Fsp3) is 0.907. The molecule has 0 spiro atoms. The van der Waals surface area contributed by atoms with E-state index in [1.807, 2.05) is 13.8 Å². The average Bonchev–Trinajstić information content (AvgIpc) is 3.83. The fourth-order valence-electron chi connectivity index (χ4n) is 18.0. The molecule has 0 aromatic rings. The van der Waals surface area contributed by atoms with Crippen LogP contribution < -0.4 is 5.32 Å². The molecule has 63 heavy (non-hydrogen) atoms. The highest BCUT2D eigenvalue weighted by molar-refractivity contribution is 5.89. The highest BCUT2D eigenvalue weighted by Gasteiger charge is 2.74. The van der Waals surface area contributed by atoms with Crippen molar-refractivity contribution in [2.75, 3.05) is 19.6 Å². The molecule has 1 heterocycles. The van der Waals surface area contributed by atoms with Gasteiger partial charge in [-0.2, -0.15) is 0 Å². The molecular formula is C54H85N3O6. The maximum absolute atomic E-state index is 15.3. The number of hydrogen-bond donors (Lipinski definition) is 2. The summed E-state index contributed by atoms with van der Waals surface area (Å²) in [5.41, 5.74) is 0.642. The lowest BCUT2D eigenvalue weighted by atomic mass is 9.32. The number of amides is 2. The van der Waals surface area contributed by atoms with Gasteiger partial charge in [-0.05, 0) is 158 Å². The number of likely N-dealkylation sites (tertiary alicyclic amines) is 1. The van der Waals surface area contributed by atoms with Crippen molar-refractivity contribution in [3.63, 3.8) is 0 Å². The van der Waals surface area contributed by atoms with Gasteiger partial charge in [0.05, 0.1) is 17.3 Å². The van der Waals surface area contributed by atoms with E-state index in [-0.39, 0.29) is 68.3 Å². The van der Waals surface area contributed by atoms with Crippen LogP contribution in [0.5, 0.6) is 0 Å². The topological polar surface area (TPSA) is 125 Å². The van der Waals surface area contributed by atoms with Gasteiger partial charge in [-0.3, -0.25) is 24.2 Å². The SMILES string of the molecule is CCCN=C1CCN(C(=O)[C@H]2C[C@@H](NC(=O)[C@]34CC[C@@H](C5(C)CC5)[C@@H]3[C@H]3CC[C@@H]5[C@@]6(C)CC[C@H](OC(=O)[C@H]7C[C@@H](C(=O)O)C7(C)C)C(C)(C)[C@@H]6CC[C@@]5(C)[C@]3(C)CC4)C2(C)C)CC1. The molecule has 0 aromatic carbocycles. The minimum absolute atomic E-state index is 0.0208. The molecular weight excluding hydrogens is 787 g/mol. The third-order valence-corrected chi connectivity index (χ3v) is 23.0. The van der Waals surface area contributed by atoms with Crippen LogP contribution in [-0.2, 0) is 23.9 Å². The van der Waals surface area contributed by atoms with Gasteiger partial charge in [-0.1, -0.05) is 76.2 Å². The predicted octanol–water partition coefficient (Wildman–Crippen LogP) is 10.5. The Kier molecular flexibility index (Phi) is 10.9. The molecule has 1 aliphatic heterocycles. The third-order valence-electron chi connectivity index (χ3n) is 23.0. The second-order valence-corrected chi connectivity index (χ2v) is 26.3. The minimum Gasteiger partial charge on any atom is -0.481 e. The van der Waals surface area contributed by atoms with Crippen LogP contribution >= 0.6 is 0 Å². The van der Waals surface area contributed by atoms with E-state index < -0.39 is 17.3 Å². The molecule has 9 aliphatic rings. The number of fused-ring (bicyclic) bond motifs is 7. The number of piperidine rings is 1. The Hall–Kier alpha value is -2.45. The fourth-order valence-corrected chi connectivity index (χ4v) is 18.0. The van der Waals surface area contributed by atoms with Crippen molar-refractivity contribution < 1.29 is 29.0 Å². The molecule has 1 saturated heterocycles. The van der Waals surface area contributed by atoms with E-state index in [2.05, 4.69) is 72.5 Å². The summed E-state index contributed by atoms with van der Waals surface area (Å²) < 4.78 is 6.48. The lowest BCUT2D eigenvalue weighted by molar-refractivity contribution is -0.252. The highest BCUT2D eigenvalue weighted by Crippen LogP contribution is 2.79. The Bertz CT molecular complexity index is 1910. The number of nitrogens with one attached hydrogen (secondary N) is 1. The second kappa shape index (κ2) is 15.0. The molecule has 14 atom stereocenters. The highest BCUT2D eigenvalue weighted by atomic mass is 16.5. The van der Waals surface area contributed by atoms with Crippen LogP contribution in [0.2, 0.25) is 0 Å². The standard InChI is InChI=1S/C54H85N3O6/c1-12-27-55-32-18-28-57(29-19-32)43(58)35-31-40(48(35,4)5)56-46(62)54-22-15-33(50(8)23-24-50)42(54)34-13-14-39-51(9)20-17-41(63-45(61)37-30-36(44(59)60)47(37,2)3)49(6,7)38(51)16-21-53(39,11)52(34,10)25-26-54/h33-42H,12-31H2,1-11H3,(H,56,62)(H,59,60)/t33-,34-,35-,36+,37-,38+,39-,40-,41+,42-,51+,52-,53-,54+/m1/s1. The van der Waals surface area contributed by atoms with E-state index in [0.29, 0.717) is 47.3 Å². The quantitative estimate of drug-likeness (QED) is 0.222. The molecule has 8 aliphatic carbocycles. The molecule has 2 N–H and O–H groups in total. The van der Waals surface area contributed by atoms with Gasteiger partial charge in [-0.15, -0.1) is 0 Å². The summed E-state index contributed by atoms with van der Waals surface area (Å²) in [6, 6.07) is 0.0208. The zero-order valence-corrected chi connectivity index (χ0v) is 41.3. The summed E-state index contributed by atoms with van der Waals surface area (Å²) in [5, 5.41) is 13.5. The zero-order valence-electron chi connectivity index (χ0n) is 41.3. The molecule has 0 aromatic heterocycles. The number of aliphatic carboxylic acids is 1. The second-order valence-electron chi connectivity index (χ2n) is 26.3. The van der Waals surface area contributed by atoms with Gasteiger partial charge in [0, 0.05) is 55.6 Å². The Morgan fingerprint density at radius 2 is 1.40 bits per heavy atom. The van der Waals surface area contributed by atoms with Crippen molar-refractivity contribution in [1.82, 2.24) is 10.2 Å². The van der Waals surface area contributed by atoms with Crippen molar-refractivity contribution in [3.05, 3.63) is 0 Å². The molecule has 0 bridgehead atoms. The number of ether oxygens (including phenoxy) is 1. The summed E-state index contributed by atoms with van der Waals surface area (Å²) in [4.78, 5) is 61.7. The maximum Gasteiger partial charge on any atom is 0.309 e. The number of esters is 1. The van der Waals surface area contributed by atoms with Crippen LogP contribution in [0.4, 0.5) is 0 Å². The van der Waals surface area contributed by atoms with Crippen molar-refractivity contribution in [3.8, 4) is 0 Å². The Labute approximate surface area is 380 Å². The van der Waals surface area contributed by atoms with Crippen LogP contribution in [0, 0.1) is 90.7 Å². The first-order valence-electron chi connectivity index (χ1n) is 26.0. The Morgan fingerprint density at radius 3 is 2.02 bits per heavy atom. The first kappa shape index (κ1) is 45.7. The molecule has 9 nitrogen and oxygen atoms in total. The molecule has 9 heteroatoms. The van der Waals surface area contributed by atoms with Gasteiger partial charge in [0.25, 0.3) is 0 Å². The van der Waals surface area contributed by atoms with Gasteiger partial charge in [0.15, 0.2) is 0 Å². The maximum atomic E-state index is 15.3. The summed E-state index contributed by atoms with van der Waals surface area (Å²) in [7, 11) is 0. The molecule has 9 fully saturated rings. The van der Waals surface area contributed by atoms with E-state index in [0.717, 1.165) is 90.3 Å². The number of hydrogen-bond acceptors (Lipinski definition) is 6. The van der Waals surface area contributed by atoms with E-state index in [4.69, 9.17) is 9.73 Å². The summed E-state index contributed by atoms with van der Waals surface area (Å²) in [6.45, 7) is 28.0. The number of carbonyl (C=O) groups is 4. The normalized spacial score (nSPS) is 46.0. The first-order valence-corrected chi connectivity index (χ1v) is 26.0. The molecule has 0 radical (unpaired) electrons. The van der Waals surface area contributed by atoms with Crippen LogP contribution in [0.3, 0.4) is 0 Å². The number of carbonyl (C=O) groups excluding carboxylic acids is 3. The van der Waals surface area contributed by atoms with E-state index in [9.17, 15) is 19.5 Å². The van der Waals surface area contributed by atoms with Crippen LogP contribution in [0.1, 0.15) is 185 Å². The molecule has 0 unspecified atom stereocenters. The summed E-state index contributed by atoms with van der Waals surface area (Å²) in [6.07, 6.45) is 17.2. The molecule has 352 valence electrons. The zero-order chi connectivity index (χ0) is 45.5. The Balaban J connectivity index is 0.910. The van der Waals surface area contributed by atoms with Crippen molar-refractivity contribution in [2.24, 2.45) is 95.7 Å². The molecule has 8 saturated carbocycles. The van der Waals surface area contributed by atoms with E-state index in [1.54, 1.807) is 0 Å². The molecule has 9 rings (SSSR count). The predicted molar refractivity (Wildman–Crippen MR) is 247 cm³/mol. The van der Waals surface area contributed by atoms with Crippen molar-refractivity contribution in [2.45, 2.75) is 197 Å². The van der Waals surface area contributed by atoms with Gasteiger partial charge in [0.2, 0.25) is 11.8 Å². The first-order chi connectivity index (χ1) is 29.4. The van der Waals surface area contributed by atoms with E-state index in [1.165, 1.54) is 37.8 Å². The van der Waals surface area contributed by atoms with Crippen molar-refractivity contribution >= 4 is 29.5 Å². The smallest absolute Gasteiger partial charge is 0.309 e. The Morgan fingerprint density at radius 1 is 0.698 bits per heavy atom. The van der Waals surface area contributed by atoms with Crippen molar-refractivity contribution in [1.29, 1.82) is 0 Å². The summed E-state index contributed by atoms with van der Waals surface area (Å²) in [5.74, 6) is 1.15. The summed E-state index contributed by atoms with van der Waals surface area (Å²) >= 11 is 0. The van der Waals surface area contributed by atoms with Crippen LogP contribution in [0.15, 0.2) is 4.99 Å². The lowest BCUT2D eigenvalue weighted by Crippen LogP contribution is -2.69. The number of carboxylic acid groups (broad SMARTS) is 1. The third kappa shape index (κ3) is 6.55. The van der Waals surface area contributed by atoms with Crippen LogP contribution in [-0.4, -0.2) is 71.3 Å². The van der Waals surface area contributed by atoms with E-state index >= 15 is 4.79 Å². The average molecular weight is 872 g/mol. The van der Waals surface area contributed by atoms with Gasteiger partial charge in [-0.25, -0.2) is 0 Å².